The average molecular weight is 320 g/mol. The molecule has 1 aromatic rings. The molecule has 23 heavy (non-hydrogen) atoms. The highest BCUT2D eigenvalue weighted by Gasteiger charge is 2.24. The van der Waals surface area contributed by atoms with E-state index in [1.807, 2.05) is 12.5 Å². The highest BCUT2D eigenvalue weighted by Crippen LogP contribution is 2.22. The summed E-state index contributed by atoms with van der Waals surface area (Å²) in [6.07, 6.45) is 10.7. The van der Waals surface area contributed by atoms with Crippen molar-refractivity contribution in [1.82, 2.24) is 19.4 Å². The molecule has 2 fully saturated rings. The molecule has 130 valence electrons. The molecule has 0 unspecified atom stereocenters. The summed E-state index contributed by atoms with van der Waals surface area (Å²) in [5.74, 6) is 0.910. The van der Waals surface area contributed by atoms with Gasteiger partial charge in [-0.15, -0.1) is 0 Å². The maximum atomic E-state index is 5.83. The number of imidazole rings is 1. The van der Waals surface area contributed by atoms with Gasteiger partial charge in [0.15, 0.2) is 0 Å². The Labute approximate surface area is 140 Å². The zero-order valence-corrected chi connectivity index (χ0v) is 14.7. The summed E-state index contributed by atoms with van der Waals surface area (Å²) >= 11 is 0. The standard InChI is InChI=1S/C18H32N4O/c1-16-13-22(14-17(2)23-16)9-5-18-3-7-20(8-4-18)11-12-21-10-6-19-15-21/h6,10,15-18H,3-5,7-9,11-14H2,1-2H3/t16-,17-/m0/s1. The van der Waals surface area contributed by atoms with Gasteiger partial charge in [0.25, 0.3) is 0 Å². The van der Waals surface area contributed by atoms with Crippen molar-refractivity contribution in [2.24, 2.45) is 5.92 Å². The van der Waals surface area contributed by atoms with Crippen molar-refractivity contribution in [2.75, 3.05) is 39.3 Å². The topological polar surface area (TPSA) is 33.5 Å². The van der Waals surface area contributed by atoms with Gasteiger partial charge in [0.2, 0.25) is 0 Å². The first-order valence-corrected chi connectivity index (χ1v) is 9.25. The van der Waals surface area contributed by atoms with E-state index in [-0.39, 0.29) is 0 Å². The summed E-state index contributed by atoms with van der Waals surface area (Å²) in [5.41, 5.74) is 0. The van der Waals surface area contributed by atoms with E-state index < -0.39 is 0 Å². The van der Waals surface area contributed by atoms with Crippen LogP contribution in [0.2, 0.25) is 0 Å². The van der Waals surface area contributed by atoms with Gasteiger partial charge in [-0.05, 0) is 58.7 Å². The van der Waals surface area contributed by atoms with Crippen LogP contribution in [0.3, 0.4) is 0 Å². The number of rotatable bonds is 6. The first kappa shape index (κ1) is 16.9. The molecule has 0 amide bonds. The van der Waals surface area contributed by atoms with E-state index in [1.165, 1.54) is 38.9 Å². The Morgan fingerprint density at radius 2 is 1.74 bits per heavy atom. The molecule has 1 aromatic heterocycles. The van der Waals surface area contributed by atoms with Crippen LogP contribution in [0.25, 0.3) is 0 Å². The Morgan fingerprint density at radius 3 is 2.39 bits per heavy atom. The largest absolute Gasteiger partial charge is 0.373 e. The van der Waals surface area contributed by atoms with Crippen LogP contribution >= 0.6 is 0 Å². The van der Waals surface area contributed by atoms with Crippen molar-refractivity contribution < 1.29 is 4.74 Å². The van der Waals surface area contributed by atoms with Gasteiger partial charge < -0.3 is 14.2 Å². The zero-order valence-electron chi connectivity index (χ0n) is 14.7. The van der Waals surface area contributed by atoms with Crippen LogP contribution in [-0.4, -0.2) is 70.8 Å². The third-order valence-electron chi connectivity index (χ3n) is 5.29. The molecule has 0 aromatic carbocycles. The minimum Gasteiger partial charge on any atom is -0.373 e. The van der Waals surface area contributed by atoms with E-state index in [9.17, 15) is 0 Å². The van der Waals surface area contributed by atoms with Crippen LogP contribution in [0.15, 0.2) is 18.7 Å². The molecule has 2 aliphatic heterocycles. The van der Waals surface area contributed by atoms with E-state index >= 15 is 0 Å². The molecule has 3 heterocycles. The lowest BCUT2D eigenvalue weighted by atomic mass is 9.93. The molecular formula is C18H32N4O. The molecule has 2 aliphatic rings. The SMILES string of the molecule is C[C@H]1CN(CCC2CCN(CCn3ccnc3)CC2)C[C@H](C)O1. The second-order valence-corrected chi connectivity index (χ2v) is 7.39. The van der Waals surface area contributed by atoms with Crippen molar-refractivity contribution in [1.29, 1.82) is 0 Å². The average Bonchev–Trinajstić information content (AvgIpc) is 3.04. The first-order chi connectivity index (χ1) is 11.2. The van der Waals surface area contributed by atoms with Gasteiger partial charge in [-0.25, -0.2) is 4.98 Å². The van der Waals surface area contributed by atoms with E-state index in [2.05, 4.69) is 39.4 Å². The van der Waals surface area contributed by atoms with E-state index in [0.717, 1.165) is 32.1 Å². The Bertz CT molecular complexity index is 432. The van der Waals surface area contributed by atoms with Gasteiger partial charge >= 0.3 is 0 Å². The maximum Gasteiger partial charge on any atom is 0.0946 e. The van der Waals surface area contributed by atoms with Crippen molar-refractivity contribution in [3.05, 3.63) is 18.7 Å². The summed E-state index contributed by atoms with van der Waals surface area (Å²) in [6.45, 7) is 12.6. The van der Waals surface area contributed by atoms with Gasteiger partial charge in [0.1, 0.15) is 0 Å². The molecule has 2 atom stereocenters. The summed E-state index contributed by atoms with van der Waals surface area (Å²) < 4.78 is 8.00. The summed E-state index contributed by atoms with van der Waals surface area (Å²) in [7, 11) is 0. The Morgan fingerprint density at radius 1 is 1.00 bits per heavy atom. The van der Waals surface area contributed by atoms with Crippen LogP contribution in [-0.2, 0) is 11.3 Å². The highest BCUT2D eigenvalue weighted by atomic mass is 16.5. The van der Waals surface area contributed by atoms with E-state index in [4.69, 9.17) is 4.74 Å². The number of hydrogen-bond acceptors (Lipinski definition) is 4. The van der Waals surface area contributed by atoms with Gasteiger partial charge in [0, 0.05) is 38.6 Å². The Balaban J connectivity index is 1.31. The molecule has 0 N–H and O–H groups in total. The van der Waals surface area contributed by atoms with Crippen LogP contribution in [0, 0.1) is 5.92 Å². The first-order valence-electron chi connectivity index (χ1n) is 9.25. The predicted octanol–water partition coefficient (Wildman–Crippen LogP) is 2.09. The number of aromatic nitrogens is 2. The molecule has 5 heteroatoms. The molecule has 0 aliphatic carbocycles. The van der Waals surface area contributed by atoms with Gasteiger partial charge in [-0.1, -0.05) is 0 Å². The smallest absolute Gasteiger partial charge is 0.0946 e. The van der Waals surface area contributed by atoms with Gasteiger partial charge in [-0.2, -0.15) is 0 Å². The minimum atomic E-state index is 0.392. The number of piperidine rings is 1. The lowest BCUT2D eigenvalue weighted by molar-refractivity contribution is -0.0693. The fourth-order valence-corrected chi connectivity index (χ4v) is 4.01. The molecular weight excluding hydrogens is 288 g/mol. The van der Waals surface area contributed by atoms with Crippen molar-refractivity contribution in [3.8, 4) is 0 Å². The highest BCUT2D eigenvalue weighted by molar-refractivity contribution is 4.78. The van der Waals surface area contributed by atoms with Crippen LogP contribution < -0.4 is 0 Å². The molecule has 5 nitrogen and oxygen atoms in total. The molecule has 2 saturated heterocycles. The second kappa shape index (κ2) is 8.27. The van der Waals surface area contributed by atoms with Crippen LogP contribution in [0.5, 0.6) is 0 Å². The number of ether oxygens (including phenoxy) is 1. The molecule has 3 rings (SSSR count). The normalized spacial score (nSPS) is 28.3. The van der Waals surface area contributed by atoms with Crippen LogP contribution in [0.4, 0.5) is 0 Å². The fourth-order valence-electron chi connectivity index (χ4n) is 4.01. The molecule has 0 bridgehead atoms. The van der Waals surface area contributed by atoms with Crippen molar-refractivity contribution in [3.63, 3.8) is 0 Å². The van der Waals surface area contributed by atoms with Gasteiger partial charge in [-0.3, -0.25) is 4.90 Å². The van der Waals surface area contributed by atoms with Crippen molar-refractivity contribution >= 4 is 0 Å². The van der Waals surface area contributed by atoms with Gasteiger partial charge in [0.05, 0.1) is 18.5 Å². The lowest BCUT2D eigenvalue weighted by Gasteiger charge is -2.37. The maximum absolute atomic E-state index is 5.83. The third-order valence-corrected chi connectivity index (χ3v) is 5.29. The van der Waals surface area contributed by atoms with Crippen LogP contribution in [0.1, 0.15) is 33.1 Å². The Hall–Kier alpha value is -0.910. The fraction of sp³-hybridized carbons (Fsp3) is 0.833. The van der Waals surface area contributed by atoms with Crippen molar-refractivity contribution in [2.45, 2.75) is 51.9 Å². The third kappa shape index (κ3) is 5.30. The number of likely N-dealkylation sites (tertiary alicyclic amines) is 1. The second-order valence-electron chi connectivity index (χ2n) is 7.39. The van der Waals surface area contributed by atoms with E-state index in [0.29, 0.717) is 12.2 Å². The Kier molecular flexibility index (Phi) is 6.08. The monoisotopic (exact) mass is 320 g/mol. The quantitative estimate of drug-likeness (QED) is 0.804. The van der Waals surface area contributed by atoms with E-state index in [1.54, 1.807) is 0 Å². The lowest BCUT2D eigenvalue weighted by Crippen LogP contribution is -2.46. The molecule has 0 saturated carbocycles. The summed E-state index contributed by atoms with van der Waals surface area (Å²) in [4.78, 5) is 9.32. The number of hydrogen-bond donors (Lipinski definition) is 0. The number of morpholine rings is 1. The number of nitrogens with zero attached hydrogens (tertiary/aromatic N) is 4. The minimum absolute atomic E-state index is 0.392. The predicted molar refractivity (Wildman–Crippen MR) is 92.5 cm³/mol. The molecule has 0 radical (unpaired) electrons. The molecule has 0 spiro atoms. The summed E-state index contributed by atoms with van der Waals surface area (Å²) in [6, 6.07) is 0. The zero-order chi connectivity index (χ0) is 16.1. The summed E-state index contributed by atoms with van der Waals surface area (Å²) in [5, 5.41) is 0.